The van der Waals surface area contributed by atoms with E-state index in [-0.39, 0.29) is 30.7 Å². The molecule has 1 amide bonds. The summed E-state index contributed by atoms with van der Waals surface area (Å²) >= 11 is 0. The number of carboxylic acids is 1. The van der Waals surface area contributed by atoms with Crippen LogP contribution in [0.15, 0.2) is 30.5 Å². The first kappa shape index (κ1) is 23.8. The van der Waals surface area contributed by atoms with Gasteiger partial charge in [0.1, 0.15) is 5.82 Å². The van der Waals surface area contributed by atoms with E-state index >= 15 is 0 Å². The van der Waals surface area contributed by atoms with E-state index in [1.54, 1.807) is 12.1 Å². The number of hydrogen-bond donors (Lipinski definition) is 4. The Balaban J connectivity index is 0.00000289. The van der Waals surface area contributed by atoms with Gasteiger partial charge in [0.15, 0.2) is 0 Å². The van der Waals surface area contributed by atoms with Crippen molar-refractivity contribution in [1.82, 2.24) is 15.3 Å². The maximum absolute atomic E-state index is 11.9. The van der Waals surface area contributed by atoms with Gasteiger partial charge in [0.05, 0.1) is 6.42 Å². The number of anilines is 3. The minimum atomic E-state index is -0.863. The molecule has 0 atom stereocenters. The highest BCUT2D eigenvalue weighted by atomic mass is 35.5. The Bertz CT molecular complexity index is 947. The third kappa shape index (κ3) is 6.56. The highest BCUT2D eigenvalue weighted by Crippen LogP contribution is 2.42. The van der Waals surface area contributed by atoms with Gasteiger partial charge in [-0.3, -0.25) is 9.59 Å². The molecule has 1 heterocycles. The average molecular weight is 460 g/mol. The summed E-state index contributed by atoms with van der Waals surface area (Å²) in [5.74, 6) is 1.35. The first-order valence-electron chi connectivity index (χ1n) is 11.0. The number of halogens is 1. The summed E-state index contributed by atoms with van der Waals surface area (Å²) in [5.41, 5.74) is 2.60. The quantitative estimate of drug-likeness (QED) is 0.377. The fourth-order valence-electron chi connectivity index (χ4n) is 3.67. The number of rotatable bonds is 11. The predicted molar refractivity (Wildman–Crippen MR) is 126 cm³/mol. The first-order valence-corrected chi connectivity index (χ1v) is 11.0. The lowest BCUT2D eigenvalue weighted by molar-refractivity contribution is -0.136. The lowest BCUT2D eigenvalue weighted by atomic mass is 9.85. The summed E-state index contributed by atoms with van der Waals surface area (Å²) in [6.07, 6.45) is 8.18. The third-order valence-corrected chi connectivity index (χ3v) is 5.79. The largest absolute Gasteiger partial charge is 0.481 e. The van der Waals surface area contributed by atoms with Crippen LogP contribution in [0.5, 0.6) is 0 Å². The summed E-state index contributed by atoms with van der Waals surface area (Å²) in [5, 5.41) is 18.6. The first-order chi connectivity index (χ1) is 15.1. The molecule has 0 bridgehead atoms. The van der Waals surface area contributed by atoms with E-state index in [1.165, 1.54) is 0 Å². The summed E-state index contributed by atoms with van der Waals surface area (Å²) in [4.78, 5) is 32.0. The second kappa shape index (κ2) is 11.1. The second-order valence-corrected chi connectivity index (χ2v) is 8.37. The molecule has 0 radical (unpaired) electrons. The van der Waals surface area contributed by atoms with Gasteiger partial charge in [-0.15, -0.1) is 12.4 Å². The number of aliphatic carboxylic acids is 1. The van der Waals surface area contributed by atoms with Crippen molar-refractivity contribution in [3.63, 3.8) is 0 Å². The minimum Gasteiger partial charge on any atom is -0.481 e. The molecule has 2 aromatic rings. The maximum atomic E-state index is 11.9. The van der Waals surface area contributed by atoms with E-state index < -0.39 is 5.97 Å². The van der Waals surface area contributed by atoms with Crippen LogP contribution >= 0.6 is 12.4 Å². The smallest absolute Gasteiger partial charge is 0.307 e. The molecular weight excluding hydrogens is 430 g/mol. The predicted octanol–water partition coefficient (Wildman–Crippen LogP) is 3.86. The van der Waals surface area contributed by atoms with Crippen molar-refractivity contribution in [1.29, 1.82) is 0 Å². The number of nitrogens with zero attached hydrogens (tertiary/aromatic N) is 2. The van der Waals surface area contributed by atoms with Crippen molar-refractivity contribution in [3.8, 4) is 0 Å². The van der Waals surface area contributed by atoms with Crippen LogP contribution < -0.4 is 16.0 Å². The van der Waals surface area contributed by atoms with Gasteiger partial charge in [0.25, 0.3) is 0 Å². The summed E-state index contributed by atoms with van der Waals surface area (Å²) in [7, 11) is 0. The summed E-state index contributed by atoms with van der Waals surface area (Å²) < 4.78 is 0. The molecule has 8 nitrogen and oxygen atoms in total. The van der Waals surface area contributed by atoms with Crippen LogP contribution in [0.2, 0.25) is 0 Å². The van der Waals surface area contributed by atoms with Gasteiger partial charge in [0.2, 0.25) is 11.9 Å². The highest BCUT2D eigenvalue weighted by molar-refractivity contribution is 5.85. The monoisotopic (exact) mass is 459 g/mol. The molecule has 0 unspecified atom stereocenters. The number of carboxylic acid groups (broad SMARTS) is 1. The zero-order valence-corrected chi connectivity index (χ0v) is 18.8. The van der Waals surface area contributed by atoms with Crippen LogP contribution in [0, 0.1) is 5.92 Å². The molecule has 172 valence electrons. The molecule has 1 aromatic heterocycles. The Morgan fingerprint density at radius 3 is 2.62 bits per heavy atom. The van der Waals surface area contributed by atoms with Gasteiger partial charge >= 0.3 is 5.97 Å². The fraction of sp³-hybridized carbons (Fsp3) is 0.478. The van der Waals surface area contributed by atoms with Crippen molar-refractivity contribution in [2.45, 2.75) is 50.9 Å². The van der Waals surface area contributed by atoms with Crippen molar-refractivity contribution in [2.75, 3.05) is 23.7 Å². The van der Waals surface area contributed by atoms with Gasteiger partial charge in [0, 0.05) is 36.5 Å². The Labute approximate surface area is 194 Å². The number of benzene rings is 1. The fourth-order valence-corrected chi connectivity index (χ4v) is 3.67. The topological polar surface area (TPSA) is 116 Å². The van der Waals surface area contributed by atoms with Crippen LogP contribution in [-0.2, 0) is 16.0 Å². The molecule has 4 N–H and O–H groups in total. The van der Waals surface area contributed by atoms with E-state index in [2.05, 4.69) is 25.9 Å². The number of hydrogen-bond acceptors (Lipinski definition) is 6. The molecular formula is C23H30ClN5O3. The van der Waals surface area contributed by atoms with Gasteiger partial charge in [-0.25, -0.2) is 4.98 Å². The van der Waals surface area contributed by atoms with Gasteiger partial charge in [-0.2, -0.15) is 4.98 Å². The highest BCUT2D eigenvalue weighted by Gasteiger charge is 2.28. The molecule has 2 fully saturated rings. The second-order valence-electron chi connectivity index (χ2n) is 8.37. The summed E-state index contributed by atoms with van der Waals surface area (Å²) in [6.45, 7) is 1.38. The van der Waals surface area contributed by atoms with Gasteiger partial charge < -0.3 is 21.1 Å². The molecule has 2 aliphatic rings. The van der Waals surface area contributed by atoms with Crippen molar-refractivity contribution >= 4 is 41.7 Å². The lowest BCUT2D eigenvalue weighted by Crippen LogP contribution is -2.35. The third-order valence-electron chi connectivity index (χ3n) is 5.79. The Hall–Kier alpha value is -2.87. The van der Waals surface area contributed by atoms with E-state index in [1.807, 2.05) is 18.3 Å². The standard InChI is InChI=1S/C23H29N5O3.ClH/c29-20(30)13-15-4-1-7-18(12-15)27-23-26-14-19(16-8-9-16)21(28-23)24-10-3-11-25-22(31)17-5-2-6-17;/h1,4,7,12,14,16-17H,2-3,5-6,8-11,13H2,(H,25,31)(H,29,30)(H2,24,26,27,28);1H. The van der Waals surface area contributed by atoms with Crippen molar-refractivity contribution in [3.05, 3.63) is 41.6 Å². The normalized spacial score (nSPS) is 15.2. The SMILES string of the molecule is Cl.O=C(O)Cc1cccc(Nc2ncc(C3CC3)c(NCCCNC(=O)C3CCC3)n2)c1. The zero-order valence-electron chi connectivity index (χ0n) is 18.0. The number of nitrogens with one attached hydrogen (secondary N) is 3. The minimum absolute atomic E-state index is 0. The number of carbonyl (C=O) groups is 2. The maximum Gasteiger partial charge on any atom is 0.307 e. The molecule has 0 spiro atoms. The zero-order chi connectivity index (χ0) is 21.6. The Kier molecular flexibility index (Phi) is 8.27. The molecule has 1 aromatic carbocycles. The molecule has 32 heavy (non-hydrogen) atoms. The van der Waals surface area contributed by atoms with Crippen molar-refractivity contribution < 1.29 is 14.7 Å². The molecule has 0 saturated heterocycles. The molecule has 4 rings (SSSR count). The van der Waals surface area contributed by atoms with Gasteiger partial charge in [-0.1, -0.05) is 18.6 Å². The van der Waals surface area contributed by atoms with Crippen LogP contribution in [0.25, 0.3) is 0 Å². The number of amides is 1. The van der Waals surface area contributed by atoms with Crippen LogP contribution in [0.1, 0.15) is 55.6 Å². The average Bonchev–Trinajstić information content (AvgIpc) is 3.51. The Morgan fingerprint density at radius 2 is 1.94 bits per heavy atom. The molecule has 0 aliphatic heterocycles. The lowest BCUT2D eigenvalue weighted by Gasteiger charge is -2.24. The molecule has 2 saturated carbocycles. The number of aromatic nitrogens is 2. The van der Waals surface area contributed by atoms with E-state index in [4.69, 9.17) is 5.11 Å². The van der Waals surface area contributed by atoms with E-state index in [9.17, 15) is 9.59 Å². The molecule has 2 aliphatic carbocycles. The number of carbonyl (C=O) groups excluding carboxylic acids is 1. The van der Waals surface area contributed by atoms with E-state index in [0.717, 1.165) is 67.7 Å². The van der Waals surface area contributed by atoms with Gasteiger partial charge in [-0.05, 0) is 55.7 Å². The molecule has 9 heteroatoms. The van der Waals surface area contributed by atoms with Crippen LogP contribution in [0.4, 0.5) is 17.5 Å². The Morgan fingerprint density at radius 1 is 1.12 bits per heavy atom. The van der Waals surface area contributed by atoms with Crippen LogP contribution in [-0.4, -0.2) is 40.0 Å². The summed E-state index contributed by atoms with van der Waals surface area (Å²) in [6, 6.07) is 7.26. The van der Waals surface area contributed by atoms with E-state index in [0.29, 0.717) is 18.4 Å². The van der Waals surface area contributed by atoms with Crippen LogP contribution in [0.3, 0.4) is 0 Å². The van der Waals surface area contributed by atoms with Crippen molar-refractivity contribution in [2.24, 2.45) is 5.92 Å².